The maximum atomic E-state index is 14.1. The zero-order chi connectivity index (χ0) is 32.6. The molecule has 0 unspecified atom stereocenters. The van der Waals surface area contributed by atoms with Gasteiger partial charge in [-0.25, -0.2) is 8.42 Å². The van der Waals surface area contributed by atoms with Crippen molar-refractivity contribution in [3.63, 3.8) is 0 Å². The first-order chi connectivity index (χ1) is 21.5. The molecule has 1 atom stereocenters. The van der Waals surface area contributed by atoms with E-state index in [1.807, 2.05) is 32.0 Å². The predicted molar refractivity (Wildman–Crippen MR) is 178 cm³/mol. The number of carbonyl (C=O) groups excluding carboxylic acids is 2. The Hall–Kier alpha value is -4.05. The highest BCUT2D eigenvalue weighted by Gasteiger charge is 2.32. The van der Waals surface area contributed by atoms with Crippen LogP contribution < -0.4 is 14.4 Å². The topological polar surface area (TPSA) is 96.0 Å². The van der Waals surface area contributed by atoms with Crippen molar-refractivity contribution in [2.45, 2.75) is 38.3 Å². The summed E-state index contributed by atoms with van der Waals surface area (Å²) in [5.41, 5.74) is 0.875. The Labute approximate surface area is 274 Å². The van der Waals surface area contributed by atoms with Crippen LogP contribution in [0.25, 0.3) is 0 Å². The Bertz CT molecular complexity index is 1700. The number of rotatable bonds is 13. The number of amides is 2. The van der Waals surface area contributed by atoms with E-state index in [0.717, 1.165) is 4.31 Å². The van der Waals surface area contributed by atoms with Gasteiger partial charge in [0, 0.05) is 13.1 Å². The molecule has 8 nitrogen and oxygen atoms in total. The van der Waals surface area contributed by atoms with Crippen LogP contribution in [0.2, 0.25) is 10.0 Å². The molecular formula is C34H35Cl2N3O5S. The molecule has 4 aromatic carbocycles. The molecule has 0 heterocycles. The molecule has 236 valence electrons. The van der Waals surface area contributed by atoms with Crippen molar-refractivity contribution in [1.29, 1.82) is 0 Å². The summed E-state index contributed by atoms with van der Waals surface area (Å²) < 4.78 is 34.9. The number of benzene rings is 4. The van der Waals surface area contributed by atoms with Gasteiger partial charge in [0.2, 0.25) is 11.8 Å². The van der Waals surface area contributed by atoms with E-state index >= 15 is 0 Å². The highest BCUT2D eigenvalue weighted by atomic mass is 35.5. The fourth-order valence-electron chi connectivity index (χ4n) is 4.42. The zero-order valence-corrected chi connectivity index (χ0v) is 27.5. The minimum atomic E-state index is -4.20. The fraction of sp³-hybridized carbons (Fsp3) is 0.235. The fourth-order valence-corrected chi connectivity index (χ4v) is 6.18. The Morgan fingerprint density at radius 2 is 1.40 bits per heavy atom. The van der Waals surface area contributed by atoms with Crippen molar-refractivity contribution >= 4 is 50.7 Å². The molecule has 0 fully saturated rings. The van der Waals surface area contributed by atoms with Crippen molar-refractivity contribution in [2.24, 2.45) is 5.92 Å². The summed E-state index contributed by atoms with van der Waals surface area (Å²) in [5, 5.41) is 3.51. The first-order valence-corrected chi connectivity index (χ1v) is 16.6. The van der Waals surface area contributed by atoms with Gasteiger partial charge in [0.1, 0.15) is 24.1 Å². The van der Waals surface area contributed by atoms with Gasteiger partial charge >= 0.3 is 0 Å². The maximum Gasteiger partial charge on any atom is 0.264 e. The second kappa shape index (κ2) is 15.3. The Kier molecular flexibility index (Phi) is 11.5. The first-order valence-electron chi connectivity index (χ1n) is 14.4. The van der Waals surface area contributed by atoms with Crippen LogP contribution in [0.15, 0.2) is 108 Å². The van der Waals surface area contributed by atoms with Gasteiger partial charge in [-0.3, -0.25) is 13.9 Å². The molecular weight excluding hydrogens is 633 g/mol. The largest absolute Gasteiger partial charge is 0.457 e. The van der Waals surface area contributed by atoms with Crippen molar-refractivity contribution < 1.29 is 22.7 Å². The van der Waals surface area contributed by atoms with E-state index in [2.05, 4.69) is 5.32 Å². The zero-order valence-electron chi connectivity index (χ0n) is 25.2. The molecule has 0 aromatic heterocycles. The molecule has 4 rings (SSSR count). The molecule has 0 aliphatic rings. The van der Waals surface area contributed by atoms with Crippen molar-refractivity contribution in [2.75, 3.05) is 17.4 Å². The summed E-state index contributed by atoms with van der Waals surface area (Å²) in [6, 6.07) is 27.5. The minimum Gasteiger partial charge on any atom is -0.457 e. The van der Waals surface area contributed by atoms with Gasteiger partial charge in [-0.05, 0) is 79.1 Å². The first kappa shape index (κ1) is 33.8. The molecule has 0 bridgehead atoms. The van der Waals surface area contributed by atoms with Gasteiger partial charge in [0.05, 0.1) is 20.6 Å². The Morgan fingerprint density at radius 3 is 2.00 bits per heavy atom. The summed E-state index contributed by atoms with van der Waals surface area (Å²) in [6.07, 6.45) is 0. The van der Waals surface area contributed by atoms with E-state index in [9.17, 15) is 18.0 Å². The van der Waals surface area contributed by atoms with Crippen LogP contribution in [0.1, 0.15) is 26.3 Å². The average Bonchev–Trinajstić information content (AvgIpc) is 3.03. The number of hydrogen-bond acceptors (Lipinski definition) is 5. The van der Waals surface area contributed by atoms with Crippen LogP contribution >= 0.6 is 23.2 Å². The molecule has 4 aromatic rings. The molecule has 0 aliphatic heterocycles. The normalized spacial score (nSPS) is 12.0. The summed E-state index contributed by atoms with van der Waals surface area (Å²) in [7, 11) is -4.20. The summed E-state index contributed by atoms with van der Waals surface area (Å²) in [5.74, 6) is 0.358. The van der Waals surface area contributed by atoms with Crippen LogP contribution in [0.4, 0.5) is 5.69 Å². The second-order valence-electron chi connectivity index (χ2n) is 10.8. The van der Waals surface area contributed by atoms with Gasteiger partial charge in [0.25, 0.3) is 10.0 Å². The van der Waals surface area contributed by atoms with Gasteiger partial charge in [0.15, 0.2) is 0 Å². The molecule has 45 heavy (non-hydrogen) atoms. The standard InChI is InChI=1S/C34H35Cl2N3O5S/c1-24(2)21-37-34(41)25(3)38(22-26-14-19-31(35)32(36)20-26)33(40)23-39(45(42,43)30-12-8-5-9-13-30)27-15-17-29(18-16-27)44-28-10-6-4-7-11-28/h4-20,24-25H,21-23H2,1-3H3,(H,37,41)/t25-/m1/s1. The SMILES string of the molecule is CC(C)CNC(=O)[C@@H](C)N(Cc1ccc(Cl)c(Cl)c1)C(=O)CN(c1ccc(Oc2ccccc2)cc1)S(=O)(=O)c1ccccc1. The van der Waals surface area contributed by atoms with E-state index in [0.29, 0.717) is 33.7 Å². The van der Waals surface area contributed by atoms with Crippen LogP contribution in [0, 0.1) is 5.92 Å². The number of ether oxygens (including phenoxy) is 1. The number of halogens is 2. The van der Waals surface area contributed by atoms with E-state index in [1.165, 1.54) is 17.0 Å². The molecule has 0 saturated carbocycles. The van der Waals surface area contributed by atoms with E-state index in [1.54, 1.807) is 79.7 Å². The third-order valence-electron chi connectivity index (χ3n) is 6.90. The number of hydrogen-bond donors (Lipinski definition) is 1. The molecule has 0 spiro atoms. The molecule has 0 radical (unpaired) electrons. The molecule has 2 amide bonds. The quantitative estimate of drug-likeness (QED) is 0.163. The third kappa shape index (κ3) is 9.00. The van der Waals surface area contributed by atoms with Crippen LogP contribution in [0.5, 0.6) is 11.5 Å². The number of carbonyl (C=O) groups is 2. The van der Waals surface area contributed by atoms with Crippen molar-refractivity contribution in [3.8, 4) is 11.5 Å². The lowest BCUT2D eigenvalue weighted by molar-refractivity contribution is -0.139. The minimum absolute atomic E-state index is 0.00490. The summed E-state index contributed by atoms with van der Waals surface area (Å²) in [6.45, 7) is 5.38. The average molecular weight is 669 g/mol. The van der Waals surface area contributed by atoms with Crippen LogP contribution in [-0.2, 0) is 26.2 Å². The van der Waals surface area contributed by atoms with E-state index < -0.39 is 28.5 Å². The number of nitrogens with zero attached hydrogens (tertiary/aromatic N) is 2. The highest BCUT2D eigenvalue weighted by Crippen LogP contribution is 2.29. The van der Waals surface area contributed by atoms with Crippen molar-refractivity contribution in [1.82, 2.24) is 10.2 Å². The maximum absolute atomic E-state index is 14.1. The van der Waals surface area contributed by atoms with Gasteiger partial charge in [-0.1, -0.05) is 79.5 Å². The Balaban J connectivity index is 1.69. The number of nitrogens with one attached hydrogen (secondary N) is 1. The lowest BCUT2D eigenvalue weighted by Crippen LogP contribution is -2.51. The Morgan fingerprint density at radius 1 is 0.800 bits per heavy atom. The smallest absolute Gasteiger partial charge is 0.264 e. The second-order valence-corrected chi connectivity index (χ2v) is 13.5. The molecule has 1 N–H and O–H groups in total. The lowest BCUT2D eigenvalue weighted by atomic mass is 10.1. The van der Waals surface area contributed by atoms with Gasteiger partial charge in [-0.2, -0.15) is 0 Å². The third-order valence-corrected chi connectivity index (χ3v) is 9.43. The number of para-hydroxylation sites is 1. The van der Waals surface area contributed by atoms with Gasteiger partial charge < -0.3 is 15.0 Å². The molecule has 0 aliphatic carbocycles. The monoisotopic (exact) mass is 667 g/mol. The summed E-state index contributed by atoms with van der Waals surface area (Å²) >= 11 is 12.4. The summed E-state index contributed by atoms with van der Waals surface area (Å²) in [4.78, 5) is 28.6. The highest BCUT2D eigenvalue weighted by molar-refractivity contribution is 7.92. The van der Waals surface area contributed by atoms with E-state index in [-0.39, 0.29) is 29.0 Å². The predicted octanol–water partition coefficient (Wildman–Crippen LogP) is 7.17. The van der Waals surface area contributed by atoms with E-state index in [4.69, 9.17) is 27.9 Å². The number of sulfonamides is 1. The number of anilines is 1. The van der Waals surface area contributed by atoms with Crippen LogP contribution in [-0.4, -0.2) is 44.3 Å². The lowest BCUT2D eigenvalue weighted by Gasteiger charge is -2.32. The molecule has 11 heteroatoms. The molecule has 0 saturated heterocycles. The van der Waals surface area contributed by atoms with Crippen LogP contribution in [0.3, 0.4) is 0 Å². The van der Waals surface area contributed by atoms with Crippen molar-refractivity contribution in [3.05, 3.63) is 119 Å². The van der Waals surface area contributed by atoms with Gasteiger partial charge in [-0.15, -0.1) is 0 Å².